The van der Waals surface area contributed by atoms with Crippen molar-refractivity contribution < 1.29 is 27.1 Å². The largest absolute Gasteiger partial charge is 0.480 e. The maximum absolute atomic E-state index is 14.0. The molecular weight excluding hydrogens is 476 g/mol. The highest BCUT2D eigenvalue weighted by molar-refractivity contribution is 7.15. The van der Waals surface area contributed by atoms with E-state index < -0.39 is 23.3 Å². The first-order valence-electron chi connectivity index (χ1n) is 9.71. The number of nitrogens with one attached hydrogen (secondary N) is 1. The van der Waals surface area contributed by atoms with Gasteiger partial charge < -0.3 is 4.74 Å². The summed E-state index contributed by atoms with van der Waals surface area (Å²) in [6.45, 7) is 1.67. The predicted octanol–water partition coefficient (Wildman–Crippen LogP) is 4.44. The summed E-state index contributed by atoms with van der Waals surface area (Å²) in [4.78, 5) is 17.6. The summed E-state index contributed by atoms with van der Waals surface area (Å²) < 4.78 is 60.9. The fourth-order valence-electron chi connectivity index (χ4n) is 3.12. The van der Waals surface area contributed by atoms with Gasteiger partial charge in [-0.05, 0) is 24.6 Å². The Balaban J connectivity index is 1.61. The second-order valence-corrected chi connectivity index (χ2v) is 8.08. The molecule has 0 saturated carbocycles. The number of carbonyl (C=O) groups excluding carboxylic acids is 1. The number of hydrogen-bond acceptors (Lipinski definition) is 7. The topological polar surface area (TPSA) is 94.8 Å². The van der Waals surface area contributed by atoms with E-state index in [1.807, 2.05) is 0 Å². The van der Waals surface area contributed by atoms with Crippen molar-refractivity contribution in [3.63, 3.8) is 0 Å². The van der Waals surface area contributed by atoms with Crippen LogP contribution >= 0.6 is 11.3 Å². The average Bonchev–Trinajstić information content (AvgIpc) is 3.39. The van der Waals surface area contributed by atoms with Crippen molar-refractivity contribution in [2.75, 3.05) is 12.4 Å². The lowest BCUT2D eigenvalue weighted by Crippen LogP contribution is -2.21. The molecule has 13 heteroatoms. The average molecular weight is 492 g/mol. The van der Waals surface area contributed by atoms with Crippen LogP contribution in [0.4, 0.5) is 22.7 Å². The Hall–Kier alpha value is -3.87. The summed E-state index contributed by atoms with van der Waals surface area (Å²) in [5.74, 6) is -1.58. The molecule has 0 aliphatic heterocycles. The Labute approximate surface area is 194 Å². The van der Waals surface area contributed by atoms with Gasteiger partial charge in [-0.3, -0.25) is 10.1 Å². The van der Waals surface area contributed by atoms with Crippen molar-refractivity contribution >= 4 is 22.4 Å². The number of halogens is 4. The first kappa shape index (κ1) is 23.3. The molecule has 4 rings (SSSR count). The molecule has 1 amide bonds. The number of ether oxygens (including phenoxy) is 1. The fourth-order valence-corrected chi connectivity index (χ4v) is 4.10. The van der Waals surface area contributed by atoms with Crippen LogP contribution in [0.3, 0.4) is 0 Å². The van der Waals surface area contributed by atoms with E-state index in [0.717, 1.165) is 17.5 Å². The lowest BCUT2D eigenvalue weighted by atomic mass is 10.1. The van der Waals surface area contributed by atoms with E-state index >= 15 is 0 Å². The Kier molecular flexibility index (Phi) is 6.28. The number of rotatable bonds is 6. The molecule has 1 aromatic carbocycles. The second kappa shape index (κ2) is 9.17. The molecule has 0 unspecified atom stereocenters. The maximum atomic E-state index is 14.0. The molecule has 0 bridgehead atoms. The molecule has 34 heavy (non-hydrogen) atoms. The number of aromatic nitrogens is 5. The van der Waals surface area contributed by atoms with Crippen LogP contribution < -0.4 is 10.1 Å². The molecule has 0 fully saturated rings. The van der Waals surface area contributed by atoms with E-state index in [0.29, 0.717) is 20.8 Å². The Morgan fingerprint density at radius 1 is 1.18 bits per heavy atom. The van der Waals surface area contributed by atoms with E-state index in [-0.39, 0.29) is 29.1 Å². The minimum Gasteiger partial charge on any atom is -0.480 e. The molecule has 3 heterocycles. The zero-order valence-electron chi connectivity index (χ0n) is 17.7. The van der Waals surface area contributed by atoms with Crippen LogP contribution in [0, 0.1) is 12.7 Å². The fraction of sp³-hybridized carbons (Fsp3) is 0.190. The van der Waals surface area contributed by atoms with Gasteiger partial charge in [0.15, 0.2) is 16.6 Å². The summed E-state index contributed by atoms with van der Waals surface area (Å²) in [5, 5.41) is 13.5. The maximum Gasteiger partial charge on any atom is 0.434 e. The molecule has 8 nitrogen and oxygen atoms in total. The van der Waals surface area contributed by atoms with Gasteiger partial charge in [0, 0.05) is 17.4 Å². The van der Waals surface area contributed by atoms with Crippen molar-refractivity contribution in [3.8, 4) is 11.7 Å². The van der Waals surface area contributed by atoms with Crippen LogP contribution in [-0.2, 0) is 12.6 Å². The van der Waals surface area contributed by atoms with Crippen LogP contribution in [-0.4, -0.2) is 38.0 Å². The standard InChI is InChI=1S/C21H16F4N6O2S/c1-11-15(9-12-5-3-4-6-14(12)22)34-20(27-11)28-19(32)13-10-26-31(18(13)21(23,24)25)16-7-8-17(33-2)30-29-16/h3-8,10H,9H2,1-2H3,(H,27,28,32). The minimum atomic E-state index is -4.92. The number of thiazole rings is 1. The summed E-state index contributed by atoms with van der Waals surface area (Å²) in [6, 6.07) is 8.77. The number of alkyl halides is 3. The molecule has 3 aromatic heterocycles. The van der Waals surface area contributed by atoms with Crippen LogP contribution in [0.15, 0.2) is 42.6 Å². The smallest absolute Gasteiger partial charge is 0.434 e. The van der Waals surface area contributed by atoms with E-state index in [1.54, 1.807) is 25.1 Å². The molecular formula is C21H16F4N6O2S. The lowest BCUT2D eigenvalue weighted by molar-refractivity contribution is -0.143. The van der Waals surface area contributed by atoms with Crippen LogP contribution in [0.2, 0.25) is 0 Å². The highest BCUT2D eigenvalue weighted by Crippen LogP contribution is 2.34. The molecule has 4 aromatic rings. The van der Waals surface area contributed by atoms with E-state index in [9.17, 15) is 22.4 Å². The van der Waals surface area contributed by atoms with Crippen LogP contribution in [0.5, 0.6) is 5.88 Å². The summed E-state index contributed by atoms with van der Waals surface area (Å²) in [6.07, 6.45) is -3.89. The molecule has 0 saturated heterocycles. The number of aryl methyl sites for hydroxylation is 1. The Morgan fingerprint density at radius 2 is 1.94 bits per heavy atom. The number of anilines is 1. The van der Waals surface area contributed by atoms with Gasteiger partial charge in [-0.25, -0.2) is 14.1 Å². The van der Waals surface area contributed by atoms with Crippen molar-refractivity contribution in [1.82, 2.24) is 25.0 Å². The highest BCUT2D eigenvalue weighted by atomic mass is 32.1. The van der Waals surface area contributed by atoms with E-state index in [2.05, 4.69) is 25.6 Å². The first-order valence-corrected chi connectivity index (χ1v) is 10.5. The Bertz CT molecular complexity index is 1330. The third kappa shape index (κ3) is 4.73. The molecule has 1 N–H and O–H groups in total. The number of methoxy groups -OCH3 is 1. The van der Waals surface area contributed by atoms with Gasteiger partial charge >= 0.3 is 6.18 Å². The third-order valence-electron chi connectivity index (χ3n) is 4.76. The molecule has 0 aliphatic rings. The normalized spacial score (nSPS) is 11.5. The lowest BCUT2D eigenvalue weighted by Gasteiger charge is -2.11. The van der Waals surface area contributed by atoms with Gasteiger partial charge in [0.05, 0.1) is 24.6 Å². The zero-order valence-corrected chi connectivity index (χ0v) is 18.5. The number of hydrogen-bond donors (Lipinski definition) is 1. The molecule has 0 spiro atoms. The highest BCUT2D eigenvalue weighted by Gasteiger charge is 2.41. The van der Waals surface area contributed by atoms with Gasteiger partial charge in [-0.15, -0.1) is 21.5 Å². The number of carbonyl (C=O) groups is 1. The van der Waals surface area contributed by atoms with Gasteiger partial charge in [0.1, 0.15) is 5.82 Å². The molecule has 0 radical (unpaired) electrons. The van der Waals surface area contributed by atoms with Gasteiger partial charge in [-0.1, -0.05) is 18.2 Å². The first-order chi connectivity index (χ1) is 16.2. The van der Waals surface area contributed by atoms with Gasteiger partial charge in [0.25, 0.3) is 5.91 Å². The van der Waals surface area contributed by atoms with E-state index in [1.165, 1.54) is 25.3 Å². The second-order valence-electron chi connectivity index (χ2n) is 7.00. The van der Waals surface area contributed by atoms with Crippen molar-refractivity contribution in [2.24, 2.45) is 0 Å². The molecule has 0 atom stereocenters. The third-order valence-corrected chi connectivity index (χ3v) is 5.83. The summed E-state index contributed by atoms with van der Waals surface area (Å²) in [5.41, 5.74) is -1.06. The van der Waals surface area contributed by atoms with Gasteiger partial charge in [-0.2, -0.15) is 18.3 Å². The summed E-state index contributed by atoms with van der Waals surface area (Å²) >= 11 is 1.05. The molecule has 0 aliphatic carbocycles. The van der Waals surface area contributed by atoms with Crippen molar-refractivity contribution in [1.29, 1.82) is 0 Å². The van der Waals surface area contributed by atoms with Gasteiger partial charge in [0.2, 0.25) is 5.88 Å². The monoisotopic (exact) mass is 492 g/mol. The predicted molar refractivity (Wildman–Crippen MR) is 115 cm³/mol. The number of benzene rings is 1. The summed E-state index contributed by atoms with van der Waals surface area (Å²) in [7, 11) is 1.34. The van der Waals surface area contributed by atoms with Crippen LogP contribution in [0.25, 0.3) is 5.82 Å². The quantitative estimate of drug-likeness (QED) is 0.400. The van der Waals surface area contributed by atoms with Crippen molar-refractivity contribution in [3.05, 3.63) is 75.8 Å². The van der Waals surface area contributed by atoms with Crippen LogP contribution in [0.1, 0.15) is 32.2 Å². The van der Waals surface area contributed by atoms with Crippen molar-refractivity contribution in [2.45, 2.75) is 19.5 Å². The molecule has 176 valence electrons. The zero-order chi connectivity index (χ0) is 24.5. The SMILES string of the molecule is COc1ccc(-n2ncc(C(=O)Nc3nc(C)c(Cc4ccccc4F)s3)c2C(F)(F)F)nn1. The van der Waals surface area contributed by atoms with E-state index in [4.69, 9.17) is 4.74 Å². The Morgan fingerprint density at radius 3 is 2.59 bits per heavy atom. The number of nitrogens with zero attached hydrogens (tertiary/aromatic N) is 5. The minimum absolute atomic E-state index is 0.0824. The number of amides is 1.